The Morgan fingerprint density at radius 2 is 1.90 bits per heavy atom. The van der Waals surface area contributed by atoms with Crippen LogP contribution in [-0.4, -0.2) is 17.0 Å². The Balaban J connectivity index is 2.18. The highest BCUT2D eigenvalue weighted by Gasteiger charge is 2.03. The predicted molar refractivity (Wildman–Crippen MR) is 75.3 cm³/mol. The molecule has 6 nitrogen and oxygen atoms in total. The number of rotatable bonds is 4. The minimum atomic E-state index is -0.516. The van der Waals surface area contributed by atoms with Gasteiger partial charge >= 0.3 is 0 Å². The highest BCUT2D eigenvalue weighted by atomic mass is 16.6. The molecule has 0 atom stereocenters. The first kappa shape index (κ1) is 13.4. The van der Waals surface area contributed by atoms with Crippen molar-refractivity contribution in [2.24, 2.45) is 10.7 Å². The number of nitrogens with two attached hydrogens (primary N) is 1. The van der Waals surface area contributed by atoms with Crippen LogP contribution in [0.4, 0.5) is 11.4 Å². The van der Waals surface area contributed by atoms with Crippen LogP contribution in [0.3, 0.4) is 0 Å². The van der Waals surface area contributed by atoms with Gasteiger partial charge in [-0.25, -0.2) is 0 Å². The number of hydrogen-bond acceptors (Lipinski definition) is 4. The van der Waals surface area contributed by atoms with E-state index >= 15 is 0 Å². The monoisotopic (exact) mass is 269 g/mol. The second-order valence-corrected chi connectivity index (χ2v) is 4.02. The van der Waals surface area contributed by atoms with E-state index in [1.54, 1.807) is 42.6 Å². The van der Waals surface area contributed by atoms with Gasteiger partial charge in [-0.1, -0.05) is 6.07 Å². The number of amides is 1. The van der Waals surface area contributed by atoms with Crippen molar-refractivity contribution >= 4 is 23.5 Å². The highest BCUT2D eigenvalue weighted by Crippen LogP contribution is 2.15. The number of primary amides is 1. The van der Waals surface area contributed by atoms with E-state index in [-0.39, 0.29) is 5.69 Å². The lowest BCUT2D eigenvalue weighted by molar-refractivity contribution is -0.384. The summed E-state index contributed by atoms with van der Waals surface area (Å²) in [6.07, 6.45) is 1.56. The van der Waals surface area contributed by atoms with E-state index in [1.165, 1.54) is 12.1 Å². The number of carbonyl (C=O) groups is 1. The lowest BCUT2D eigenvalue weighted by atomic mass is 10.2. The average Bonchev–Trinajstić information content (AvgIpc) is 2.46. The zero-order valence-corrected chi connectivity index (χ0v) is 10.4. The summed E-state index contributed by atoms with van der Waals surface area (Å²) in [5.74, 6) is -0.516. The summed E-state index contributed by atoms with van der Waals surface area (Å²) in [5.41, 5.74) is 6.89. The van der Waals surface area contributed by atoms with Gasteiger partial charge in [-0.05, 0) is 35.9 Å². The molecule has 20 heavy (non-hydrogen) atoms. The molecule has 2 aromatic rings. The van der Waals surface area contributed by atoms with Crippen LogP contribution in [0.1, 0.15) is 15.9 Å². The van der Waals surface area contributed by atoms with Crippen molar-refractivity contribution < 1.29 is 9.72 Å². The van der Waals surface area contributed by atoms with Crippen molar-refractivity contribution in [1.82, 2.24) is 0 Å². The third kappa shape index (κ3) is 3.26. The molecule has 1 amide bonds. The minimum absolute atomic E-state index is 0.0258. The number of nitrogens with zero attached hydrogens (tertiary/aromatic N) is 2. The molecule has 0 unspecified atom stereocenters. The molecule has 2 aromatic carbocycles. The largest absolute Gasteiger partial charge is 0.366 e. The van der Waals surface area contributed by atoms with Gasteiger partial charge in [-0.3, -0.25) is 19.9 Å². The first-order chi connectivity index (χ1) is 9.56. The zero-order valence-electron chi connectivity index (χ0n) is 10.4. The van der Waals surface area contributed by atoms with E-state index < -0.39 is 10.8 Å². The maximum Gasteiger partial charge on any atom is 0.269 e. The summed E-state index contributed by atoms with van der Waals surface area (Å²) in [6.45, 7) is 0. The van der Waals surface area contributed by atoms with Crippen molar-refractivity contribution in [3.8, 4) is 0 Å². The van der Waals surface area contributed by atoms with Crippen molar-refractivity contribution in [3.63, 3.8) is 0 Å². The maximum absolute atomic E-state index is 11.0. The molecule has 0 aliphatic rings. The fraction of sp³-hybridized carbons (Fsp3) is 0. The molecule has 0 saturated heterocycles. The fourth-order valence-corrected chi connectivity index (χ4v) is 1.57. The molecular formula is C14H11N3O3. The lowest BCUT2D eigenvalue weighted by Gasteiger charge is -1.97. The van der Waals surface area contributed by atoms with Gasteiger partial charge in [0, 0.05) is 23.9 Å². The normalized spacial score (nSPS) is 10.6. The first-order valence-electron chi connectivity index (χ1n) is 5.74. The zero-order chi connectivity index (χ0) is 14.5. The Morgan fingerprint density at radius 1 is 1.20 bits per heavy atom. The molecule has 0 radical (unpaired) electrons. The molecule has 0 spiro atoms. The smallest absolute Gasteiger partial charge is 0.269 e. The van der Waals surface area contributed by atoms with Crippen LogP contribution in [0.5, 0.6) is 0 Å². The Bertz CT molecular complexity index is 678. The van der Waals surface area contributed by atoms with Crippen molar-refractivity contribution in [1.29, 1.82) is 0 Å². The molecule has 100 valence electrons. The fourth-order valence-electron chi connectivity index (χ4n) is 1.57. The summed E-state index contributed by atoms with van der Waals surface area (Å²) in [5, 5.41) is 10.5. The number of non-ortho nitro benzene ring substituents is 1. The lowest BCUT2D eigenvalue weighted by Crippen LogP contribution is -2.10. The number of hydrogen-bond donors (Lipinski definition) is 1. The van der Waals surface area contributed by atoms with Crippen LogP contribution >= 0.6 is 0 Å². The Hall–Kier alpha value is -3.02. The molecule has 0 heterocycles. The second kappa shape index (κ2) is 5.75. The van der Waals surface area contributed by atoms with Gasteiger partial charge in [0.15, 0.2) is 0 Å². The van der Waals surface area contributed by atoms with Crippen molar-refractivity contribution in [2.45, 2.75) is 0 Å². The molecule has 0 bridgehead atoms. The summed E-state index contributed by atoms with van der Waals surface area (Å²) in [7, 11) is 0. The predicted octanol–water partition coefficient (Wildman–Crippen LogP) is 2.44. The van der Waals surface area contributed by atoms with Gasteiger partial charge in [0.05, 0.1) is 10.6 Å². The number of nitro benzene ring substituents is 1. The SMILES string of the molecule is NC(=O)c1cccc(N=Cc2ccc([N+](=O)[O-])cc2)c1. The van der Waals surface area contributed by atoms with E-state index in [2.05, 4.69) is 4.99 Å². The molecule has 0 aliphatic carbocycles. The van der Waals surface area contributed by atoms with Crippen LogP contribution < -0.4 is 5.73 Å². The van der Waals surface area contributed by atoms with Gasteiger partial charge in [-0.15, -0.1) is 0 Å². The number of carbonyl (C=O) groups excluding carboxylic acids is 1. The van der Waals surface area contributed by atoms with E-state index in [9.17, 15) is 14.9 Å². The van der Waals surface area contributed by atoms with Gasteiger partial charge in [0.25, 0.3) is 5.69 Å². The van der Waals surface area contributed by atoms with E-state index in [0.29, 0.717) is 11.3 Å². The van der Waals surface area contributed by atoms with Crippen LogP contribution in [0, 0.1) is 10.1 Å². The third-order valence-electron chi connectivity index (χ3n) is 2.60. The van der Waals surface area contributed by atoms with Crippen LogP contribution in [-0.2, 0) is 0 Å². The Morgan fingerprint density at radius 3 is 2.50 bits per heavy atom. The number of aliphatic imine (C=N–C) groups is 1. The second-order valence-electron chi connectivity index (χ2n) is 4.02. The Kier molecular flexibility index (Phi) is 3.85. The quantitative estimate of drug-likeness (QED) is 0.524. The number of nitro groups is 1. The highest BCUT2D eigenvalue weighted by molar-refractivity contribution is 5.94. The molecule has 2 rings (SSSR count). The molecule has 0 saturated carbocycles. The average molecular weight is 269 g/mol. The molecule has 0 fully saturated rings. The maximum atomic E-state index is 11.0. The topological polar surface area (TPSA) is 98.6 Å². The van der Waals surface area contributed by atoms with Crippen LogP contribution in [0.15, 0.2) is 53.5 Å². The van der Waals surface area contributed by atoms with E-state index in [0.717, 1.165) is 5.56 Å². The number of benzene rings is 2. The molecule has 0 aromatic heterocycles. The molecular weight excluding hydrogens is 258 g/mol. The Labute approximate surface area is 114 Å². The summed E-state index contributed by atoms with van der Waals surface area (Å²) < 4.78 is 0. The van der Waals surface area contributed by atoms with Gasteiger partial charge in [-0.2, -0.15) is 0 Å². The standard InChI is InChI=1S/C14H11N3O3/c15-14(18)11-2-1-3-12(8-11)16-9-10-4-6-13(7-5-10)17(19)20/h1-9H,(H2,15,18). The van der Waals surface area contributed by atoms with E-state index in [1.807, 2.05) is 0 Å². The van der Waals surface area contributed by atoms with E-state index in [4.69, 9.17) is 5.73 Å². The van der Waals surface area contributed by atoms with Crippen molar-refractivity contribution in [3.05, 3.63) is 69.8 Å². The third-order valence-corrected chi connectivity index (χ3v) is 2.60. The summed E-state index contributed by atoms with van der Waals surface area (Å²) >= 11 is 0. The summed E-state index contributed by atoms with van der Waals surface area (Å²) in [4.78, 5) is 25.3. The van der Waals surface area contributed by atoms with Crippen LogP contribution in [0.25, 0.3) is 0 Å². The van der Waals surface area contributed by atoms with Gasteiger partial charge < -0.3 is 5.73 Å². The molecule has 0 aliphatic heterocycles. The first-order valence-corrected chi connectivity index (χ1v) is 5.74. The molecule has 2 N–H and O–H groups in total. The molecule has 6 heteroatoms. The van der Waals surface area contributed by atoms with Crippen molar-refractivity contribution in [2.75, 3.05) is 0 Å². The van der Waals surface area contributed by atoms with Gasteiger partial charge in [0.1, 0.15) is 0 Å². The van der Waals surface area contributed by atoms with Crippen LogP contribution in [0.2, 0.25) is 0 Å². The summed E-state index contributed by atoms with van der Waals surface area (Å²) in [6, 6.07) is 12.6. The van der Waals surface area contributed by atoms with Gasteiger partial charge in [0.2, 0.25) is 5.91 Å². The minimum Gasteiger partial charge on any atom is -0.366 e.